The molecule has 0 aromatic carbocycles. The van der Waals surface area contributed by atoms with Gasteiger partial charge in [0, 0.05) is 23.0 Å². The lowest BCUT2D eigenvalue weighted by molar-refractivity contribution is -0.139. The highest BCUT2D eigenvalue weighted by Gasteiger charge is 2.09. The number of rotatable bonds is 5. The van der Waals surface area contributed by atoms with Crippen molar-refractivity contribution < 1.29 is 9.53 Å². The molecule has 0 amide bonds. The van der Waals surface area contributed by atoms with Crippen LogP contribution in [-0.4, -0.2) is 20.3 Å². The second kappa shape index (κ2) is 6.60. The van der Waals surface area contributed by atoms with Crippen LogP contribution in [0, 0.1) is 0 Å². The predicted octanol–water partition coefficient (Wildman–Crippen LogP) is 3.82. The summed E-state index contributed by atoms with van der Waals surface area (Å²) >= 11 is 9.09. The maximum Gasteiger partial charge on any atom is 0.331 e. The number of halogens is 1. The number of fused-ring (bicyclic) bond motifs is 1. The molecule has 0 atom stereocenters. The predicted molar refractivity (Wildman–Crippen MR) is 88.4 cm³/mol. The quantitative estimate of drug-likeness (QED) is 0.516. The second-order valence-electron chi connectivity index (χ2n) is 4.37. The fourth-order valence-corrected chi connectivity index (χ4v) is 3.58. The molecule has 0 saturated heterocycles. The van der Waals surface area contributed by atoms with E-state index in [1.165, 1.54) is 17.4 Å². The minimum atomic E-state index is -0.438. The van der Waals surface area contributed by atoms with Crippen molar-refractivity contribution >= 4 is 51.3 Å². The van der Waals surface area contributed by atoms with E-state index in [2.05, 4.69) is 9.97 Å². The van der Waals surface area contributed by atoms with Gasteiger partial charge >= 0.3 is 5.97 Å². The minimum absolute atomic E-state index is 0.174. The molecular weight excluding hydrogens is 342 g/mol. The Bertz CT molecular complexity index is 834. The van der Waals surface area contributed by atoms with Crippen LogP contribution >= 0.6 is 34.3 Å². The van der Waals surface area contributed by atoms with Gasteiger partial charge in [0.2, 0.25) is 0 Å². The molecular formula is C14H12ClN3O2S2. The normalized spacial score (nSPS) is 11.5. The van der Waals surface area contributed by atoms with Crippen LogP contribution in [0.3, 0.4) is 0 Å². The molecule has 0 aliphatic rings. The summed E-state index contributed by atoms with van der Waals surface area (Å²) in [6.45, 7) is 2.21. The number of esters is 1. The average Bonchev–Trinajstić information content (AvgIpc) is 3.19. The zero-order chi connectivity index (χ0) is 15.5. The third-order valence-electron chi connectivity index (χ3n) is 2.90. The molecule has 0 saturated carbocycles. The van der Waals surface area contributed by atoms with Gasteiger partial charge < -0.3 is 4.74 Å². The van der Waals surface area contributed by atoms with Gasteiger partial charge in [-0.2, -0.15) is 0 Å². The van der Waals surface area contributed by atoms with Crippen LogP contribution in [0.4, 0.5) is 0 Å². The van der Waals surface area contributed by atoms with Gasteiger partial charge in [-0.25, -0.2) is 14.8 Å². The maximum absolute atomic E-state index is 11.8. The molecule has 0 bridgehead atoms. The summed E-state index contributed by atoms with van der Waals surface area (Å²) in [4.78, 5) is 21.1. The van der Waals surface area contributed by atoms with Gasteiger partial charge in [-0.05, 0) is 12.5 Å². The number of nitrogens with zero attached hydrogens (tertiary/aromatic N) is 3. The molecule has 3 heterocycles. The van der Waals surface area contributed by atoms with Crippen LogP contribution < -0.4 is 0 Å². The van der Waals surface area contributed by atoms with E-state index in [0.29, 0.717) is 10.8 Å². The van der Waals surface area contributed by atoms with Gasteiger partial charge in [-0.15, -0.1) is 22.7 Å². The zero-order valence-electron chi connectivity index (χ0n) is 11.7. The molecule has 0 spiro atoms. The molecule has 0 N–H and O–H groups in total. The summed E-state index contributed by atoms with van der Waals surface area (Å²) in [5.74, 6) is -0.438. The highest BCUT2D eigenvalue weighted by molar-refractivity contribution is 7.15. The summed E-state index contributed by atoms with van der Waals surface area (Å²) in [6.07, 6.45) is 5.69. The molecule has 8 heteroatoms. The number of aromatic nitrogens is 3. The van der Waals surface area contributed by atoms with Crippen molar-refractivity contribution in [3.05, 3.63) is 44.6 Å². The third kappa shape index (κ3) is 3.21. The fourth-order valence-electron chi connectivity index (χ4n) is 1.84. The van der Waals surface area contributed by atoms with Crippen LogP contribution in [-0.2, 0) is 22.6 Å². The van der Waals surface area contributed by atoms with E-state index in [9.17, 15) is 4.79 Å². The molecule has 0 aliphatic heterocycles. The number of imidazole rings is 1. The van der Waals surface area contributed by atoms with E-state index in [1.54, 1.807) is 17.4 Å². The number of hydrogen-bond donors (Lipinski definition) is 0. The van der Waals surface area contributed by atoms with E-state index in [-0.39, 0.29) is 6.61 Å². The van der Waals surface area contributed by atoms with Crippen molar-refractivity contribution in [2.24, 2.45) is 0 Å². The topological polar surface area (TPSA) is 56.5 Å². The molecule has 3 rings (SSSR count). The van der Waals surface area contributed by atoms with Gasteiger partial charge in [-0.3, -0.25) is 4.40 Å². The Labute approximate surface area is 139 Å². The second-order valence-corrected chi connectivity index (χ2v) is 6.54. The number of thiazole rings is 2. The first kappa shape index (κ1) is 15.2. The Morgan fingerprint density at radius 3 is 3.09 bits per heavy atom. The summed E-state index contributed by atoms with van der Waals surface area (Å²) in [5, 5.41) is 5.20. The Morgan fingerprint density at radius 2 is 2.32 bits per heavy atom. The van der Waals surface area contributed by atoms with Crippen LogP contribution in [0.1, 0.15) is 23.3 Å². The molecule has 3 aromatic rings. The van der Waals surface area contributed by atoms with Crippen LogP contribution in [0.5, 0.6) is 0 Å². The van der Waals surface area contributed by atoms with Crippen molar-refractivity contribution in [3.8, 4) is 0 Å². The molecule has 0 unspecified atom stereocenters. The highest BCUT2D eigenvalue weighted by Crippen LogP contribution is 2.22. The summed E-state index contributed by atoms with van der Waals surface area (Å²) in [7, 11) is 0. The lowest BCUT2D eigenvalue weighted by Crippen LogP contribution is -2.01. The van der Waals surface area contributed by atoms with E-state index < -0.39 is 5.97 Å². The standard InChI is InChI=1S/C14H12ClN3O2S2/c1-2-11-16-9(8-22-11)7-20-12(19)4-3-10-13(15)17-14-18(10)5-6-21-14/h3-6,8H,2,7H2,1H3/b4-3+. The van der Waals surface area contributed by atoms with Gasteiger partial charge in [0.25, 0.3) is 0 Å². The molecule has 5 nitrogen and oxygen atoms in total. The first-order valence-electron chi connectivity index (χ1n) is 6.56. The van der Waals surface area contributed by atoms with Crippen molar-refractivity contribution in [1.29, 1.82) is 0 Å². The van der Waals surface area contributed by atoms with Gasteiger partial charge in [0.1, 0.15) is 6.61 Å². The lowest BCUT2D eigenvalue weighted by Gasteiger charge is -1.98. The first-order valence-corrected chi connectivity index (χ1v) is 8.70. The molecule has 0 radical (unpaired) electrons. The first-order chi connectivity index (χ1) is 10.7. The Balaban J connectivity index is 1.63. The molecule has 3 aromatic heterocycles. The zero-order valence-corrected chi connectivity index (χ0v) is 14.0. The number of hydrogen-bond acceptors (Lipinski definition) is 6. The Hall–Kier alpha value is -1.70. The Morgan fingerprint density at radius 1 is 1.45 bits per heavy atom. The van der Waals surface area contributed by atoms with Gasteiger partial charge in [0.05, 0.1) is 16.4 Å². The van der Waals surface area contributed by atoms with Crippen molar-refractivity contribution in [2.75, 3.05) is 0 Å². The molecule has 22 heavy (non-hydrogen) atoms. The third-order valence-corrected chi connectivity index (χ3v) is 4.97. The van der Waals surface area contributed by atoms with Crippen LogP contribution in [0.15, 0.2) is 23.0 Å². The fraction of sp³-hybridized carbons (Fsp3) is 0.214. The number of ether oxygens (including phenoxy) is 1. The van der Waals surface area contributed by atoms with E-state index in [0.717, 1.165) is 22.1 Å². The van der Waals surface area contributed by atoms with Crippen molar-refractivity contribution in [1.82, 2.24) is 14.4 Å². The lowest BCUT2D eigenvalue weighted by atomic mass is 10.4. The number of carbonyl (C=O) groups excluding carboxylic acids is 1. The average molecular weight is 354 g/mol. The number of carbonyl (C=O) groups is 1. The van der Waals surface area contributed by atoms with E-state index >= 15 is 0 Å². The van der Waals surface area contributed by atoms with Crippen molar-refractivity contribution in [2.45, 2.75) is 20.0 Å². The summed E-state index contributed by atoms with van der Waals surface area (Å²) in [6, 6.07) is 0. The van der Waals surface area contributed by atoms with E-state index in [4.69, 9.17) is 16.3 Å². The van der Waals surface area contributed by atoms with Gasteiger partial charge in [0.15, 0.2) is 10.1 Å². The maximum atomic E-state index is 11.8. The van der Waals surface area contributed by atoms with Crippen LogP contribution in [0.25, 0.3) is 11.0 Å². The van der Waals surface area contributed by atoms with E-state index in [1.807, 2.05) is 28.3 Å². The monoisotopic (exact) mass is 353 g/mol. The smallest absolute Gasteiger partial charge is 0.331 e. The Kier molecular flexibility index (Phi) is 4.56. The van der Waals surface area contributed by atoms with Gasteiger partial charge in [-0.1, -0.05) is 18.5 Å². The summed E-state index contributed by atoms with van der Waals surface area (Å²) in [5.41, 5.74) is 1.43. The van der Waals surface area contributed by atoms with Crippen LogP contribution in [0.2, 0.25) is 5.15 Å². The summed E-state index contributed by atoms with van der Waals surface area (Å²) < 4.78 is 6.99. The molecule has 0 fully saturated rings. The molecule has 114 valence electrons. The number of aryl methyl sites for hydroxylation is 1. The highest BCUT2D eigenvalue weighted by atomic mass is 35.5. The minimum Gasteiger partial charge on any atom is -0.456 e. The SMILES string of the molecule is CCc1nc(COC(=O)/C=C/c2c(Cl)nc3sccn23)cs1. The molecule has 0 aliphatic carbocycles. The van der Waals surface area contributed by atoms with Crippen molar-refractivity contribution in [3.63, 3.8) is 0 Å². The largest absolute Gasteiger partial charge is 0.456 e.